The first-order chi connectivity index (χ1) is 18.1. The second-order valence-electron chi connectivity index (χ2n) is 8.03. The SMILES string of the molecule is O=P(Oc1c(Br)ccc2[nH]cc(Cl)c12)(Oc1c(Br)ccc2[nH]cc(Cl)c12)Oc1c(Br)ccc2[nH]cc(Cl)c12. The van der Waals surface area contributed by atoms with E-state index in [-0.39, 0.29) is 17.2 Å². The van der Waals surface area contributed by atoms with Crippen LogP contribution in [0.2, 0.25) is 15.1 Å². The van der Waals surface area contributed by atoms with Gasteiger partial charge in [-0.25, -0.2) is 0 Å². The highest BCUT2D eigenvalue weighted by molar-refractivity contribution is 9.11. The zero-order chi connectivity index (χ0) is 26.8. The van der Waals surface area contributed by atoms with Gasteiger partial charge in [-0.05, 0) is 84.2 Å². The van der Waals surface area contributed by atoms with Gasteiger partial charge in [0.05, 0.1) is 61.2 Å². The molecule has 0 aliphatic heterocycles. The lowest BCUT2D eigenvalue weighted by Crippen LogP contribution is -2.09. The number of phosphoric acid groups is 1. The van der Waals surface area contributed by atoms with Crippen LogP contribution in [-0.2, 0) is 4.57 Å². The van der Waals surface area contributed by atoms with Gasteiger partial charge >= 0.3 is 7.82 Å². The quantitative estimate of drug-likeness (QED) is 0.147. The summed E-state index contributed by atoms with van der Waals surface area (Å²) in [5.41, 5.74) is 1.98. The van der Waals surface area contributed by atoms with Crippen LogP contribution in [0.5, 0.6) is 17.2 Å². The Bertz CT molecular complexity index is 1720. The summed E-state index contributed by atoms with van der Waals surface area (Å²) in [5.74, 6) is 0.469. The van der Waals surface area contributed by atoms with Gasteiger partial charge in [0.1, 0.15) is 0 Å². The van der Waals surface area contributed by atoms with Crippen molar-refractivity contribution in [2.75, 3.05) is 0 Å². The predicted molar refractivity (Wildman–Crippen MR) is 163 cm³/mol. The van der Waals surface area contributed by atoms with E-state index in [9.17, 15) is 4.57 Å². The molecule has 194 valence electrons. The van der Waals surface area contributed by atoms with E-state index in [4.69, 9.17) is 48.4 Å². The molecule has 3 heterocycles. The Balaban J connectivity index is 1.56. The van der Waals surface area contributed by atoms with E-state index in [1.165, 1.54) is 0 Å². The minimum Gasteiger partial charge on any atom is -0.384 e. The molecule has 0 fully saturated rings. The van der Waals surface area contributed by atoms with Crippen LogP contribution in [0.25, 0.3) is 32.7 Å². The van der Waals surface area contributed by atoms with Crippen molar-refractivity contribution in [2.24, 2.45) is 0 Å². The van der Waals surface area contributed by atoms with Gasteiger partial charge in [-0.2, -0.15) is 4.57 Å². The summed E-state index contributed by atoms with van der Waals surface area (Å²) >= 11 is 29.8. The minimum absolute atomic E-state index is 0.156. The molecule has 38 heavy (non-hydrogen) atoms. The Kier molecular flexibility index (Phi) is 6.96. The van der Waals surface area contributed by atoms with E-state index in [1.54, 1.807) is 55.0 Å². The molecule has 0 unspecified atom stereocenters. The molecule has 0 amide bonds. The van der Waals surface area contributed by atoms with Crippen molar-refractivity contribution in [3.05, 3.63) is 83.5 Å². The number of phosphoric ester groups is 1. The fraction of sp³-hybridized carbons (Fsp3) is 0. The largest absolute Gasteiger partial charge is 0.647 e. The number of rotatable bonds is 6. The van der Waals surface area contributed by atoms with Crippen molar-refractivity contribution in [3.63, 3.8) is 0 Å². The maximum absolute atomic E-state index is 14.7. The highest BCUT2D eigenvalue weighted by atomic mass is 79.9. The molecule has 3 N–H and O–H groups in total. The Morgan fingerprint density at radius 2 is 0.842 bits per heavy atom. The summed E-state index contributed by atoms with van der Waals surface area (Å²) in [6.07, 6.45) is 4.81. The standard InChI is InChI=1S/C24H12Br3Cl3N3O4P/c25-10-1-4-16-19(13(28)7-31-16)22(10)35-38(34,36-23-11(26)2-5-17-20(23)14(29)8-32-17)37-24-12(27)3-6-18-21(24)15(30)9-33-18/h1-9,31-33H. The second-order valence-corrected chi connectivity index (χ2v) is 13.3. The Morgan fingerprint density at radius 1 is 0.553 bits per heavy atom. The first kappa shape index (κ1) is 26.4. The number of halogens is 6. The van der Waals surface area contributed by atoms with Gasteiger partial charge in [0, 0.05) is 18.6 Å². The molecule has 0 aliphatic rings. The lowest BCUT2D eigenvalue weighted by atomic mass is 10.2. The monoisotopic (exact) mass is 779 g/mol. The number of fused-ring (bicyclic) bond motifs is 3. The first-order valence-electron chi connectivity index (χ1n) is 10.7. The van der Waals surface area contributed by atoms with Crippen LogP contribution in [-0.4, -0.2) is 15.0 Å². The molecule has 0 saturated heterocycles. The van der Waals surface area contributed by atoms with E-state index >= 15 is 0 Å². The maximum Gasteiger partial charge on any atom is 0.647 e. The number of aromatic amines is 3. The summed E-state index contributed by atoms with van der Waals surface area (Å²) < 4.78 is 34.6. The minimum atomic E-state index is -4.57. The fourth-order valence-electron chi connectivity index (χ4n) is 4.04. The fourth-order valence-corrected chi connectivity index (χ4v) is 7.73. The van der Waals surface area contributed by atoms with Gasteiger partial charge in [0.2, 0.25) is 0 Å². The van der Waals surface area contributed by atoms with Crippen LogP contribution in [0.15, 0.2) is 68.4 Å². The summed E-state index contributed by atoms with van der Waals surface area (Å²) in [7, 11) is -4.57. The van der Waals surface area contributed by atoms with E-state index in [1.807, 2.05) is 0 Å². The van der Waals surface area contributed by atoms with Crippen LogP contribution in [0.1, 0.15) is 0 Å². The third kappa shape index (κ3) is 4.54. The van der Waals surface area contributed by atoms with E-state index < -0.39 is 7.82 Å². The summed E-state index contributed by atoms with van der Waals surface area (Å²) in [4.78, 5) is 9.16. The van der Waals surface area contributed by atoms with Crippen molar-refractivity contribution in [2.45, 2.75) is 0 Å². The number of benzene rings is 3. The average molecular weight is 783 g/mol. The van der Waals surface area contributed by atoms with Gasteiger partial charge in [-0.15, -0.1) is 0 Å². The molecular formula is C24H12Br3Cl3N3O4P. The number of aromatic nitrogens is 3. The van der Waals surface area contributed by atoms with Crippen LogP contribution in [0, 0.1) is 0 Å². The van der Waals surface area contributed by atoms with Gasteiger partial charge in [0.15, 0.2) is 17.2 Å². The molecule has 3 aromatic carbocycles. The van der Waals surface area contributed by atoms with Crippen molar-refractivity contribution in [1.29, 1.82) is 0 Å². The molecule has 0 aliphatic carbocycles. The highest BCUT2D eigenvalue weighted by Gasteiger charge is 2.38. The van der Waals surface area contributed by atoms with Gasteiger partial charge in [-0.1, -0.05) is 34.8 Å². The maximum atomic E-state index is 14.7. The van der Waals surface area contributed by atoms with Crippen molar-refractivity contribution in [1.82, 2.24) is 15.0 Å². The van der Waals surface area contributed by atoms with Crippen LogP contribution >= 0.6 is 90.4 Å². The average Bonchev–Trinajstić information content (AvgIpc) is 3.57. The zero-order valence-electron chi connectivity index (χ0n) is 18.5. The number of nitrogens with one attached hydrogen (secondary N) is 3. The summed E-state index contributed by atoms with van der Waals surface area (Å²) in [6.45, 7) is 0. The zero-order valence-corrected chi connectivity index (χ0v) is 26.5. The normalized spacial score (nSPS) is 12.1. The van der Waals surface area contributed by atoms with Crippen LogP contribution in [0.4, 0.5) is 0 Å². The van der Waals surface area contributed by atoms with Crippen LogP contribution in [0.3, 0.4) is 0 Å². The number of hydrogen-bond acceptors (Lipinski definition) is 4. The van der Waals surface area contributed by atoms with E-state index in [2.05, 4.69) is 62.7 Å². The molecule has 7 nitrogen and oxygen atoms in total. The summed E-state index contributed by atoms with van der Waals surface area (Å²) in [5, 5.41) is 2.54. The molecule has 6 aromatic rings. The van der Waals surface area contributed by atoms with Gasteiger partial charge < -0.3 is 28.5 Å². The Morgan fingerprint density at radius 3 is 1.13 bits per heavy atom. The molecule has 3 aromatic heterocycles. The molecule has 0 radical (unpaired) electrons. The van der Waals surface area contributed by atoms with Crippen molar-refractivity contribution >= 4 is 123 Å². The van der Waals surface area contributed by atoms with Gasteiger partial charge in [0.25, 0.3) is 0 Å². The molecule has 6 rings (SSSR count). The Labute approximate surface area is 255 Å². The van der Waals surface area contributed by atoms with Crippen LogP contribution < -0.4 is 13.6 Å². The van der Waals surface area contributed by atoms with Gasteiger partial charge in [-0.3, -0.25) is 0 Å². The topological polar surface area (TPSA) is 92.1 Å². The van der Waals surface area contributed by atoms with Crippen molar-refractivity contribution < 1.29 is 18.1 Å². The molecule has 0 bridgehead atoms. The third-order valence-corrected chi connectivity index (χ3v) is 9.70. The number of H-pyrrole nitrogens is 3. The molecule has 0 spiro atoms. The smallest absolute Gasteiger partial charge is 0.384 e. The third-order valence-electron chi connectivity index (χ3n) is 5.72. The molecular weight excluding hydrogens is 771 g/mol. The first-order valence-corrected chi connectivity index (χ1v) is 15.7. The second kappa shape index (κ2) is 10.0. The van der Waals surface area contributed by atoms with E-state index in [0.29, 0.717) is 61.2 Å². The van der Waals surface area contributed by atoms with Crippen molar-refractivity contribution in [3.8, 4) is 17.2 Å². The summed E-state index contributed by atoms with van der Waals surface area (Å²) in [6, 6.07) is 10.6. The molecule has 0 saturated carbocycles. The Hall–Kier alpha value is -1.78. The molecule has 14 heteroatoms. The predicted octanol–water partition coefficient (Wildman–Crippen LogP) is 11.0. The number of hydrogen-bond donors (Lipinski definition) is 3. The highest BCUT2D eigenvalue weighted by Crippen LogP contribution is 2.57. The van der Waals surface area contributed by atoms with E-state index in [0.717, 1.165) is 0 Å². The molecule has 0 atom stereocenters. The lowest BCUT2D eigenvalue weighted by molar-refractivity contribution is 0.300. The lowest BCUT2D eigenvalue weighted by Gasteiger charge is -2.22.